The minimum absolute atomic E-state index is 1.13. The highest BCUT2D eigenvalue weighted by atomic mass is 33.5. The van der Waals surface area contributed by atoms with E-state index in [0.717, 1.165) is 5.75 Å². The molecule has 8 heavy (non-hydrogen) atoms. The molecule has 0 amide bonds. The molecule has 0 spiro atoms. The predicted octanol–water partition coefficient (Wildman–Crippen LogP) is 3.22. The van der Waals surface area contributed by atoms with E-state index in [1.54, 1.807) is 10.8 Å². The minimum atomic E-state index is 1.13. The van der Waals surface area contributed by atoms with E-state index in [4.69, 9.17) is 0 Å². The monoisotopic (exact) mass is 166 g/mol. The number of allylic oxidation sites excluding steroid dienone is 1. The summed E-state index contributed by atoms with van der Waals surface area (Å²) in [6, 6.07) is 0. The van der Waals surface area contributed by atoms with Crippen LogP contribution in [0.15, 0.2) is 12.2 Å². The largest absolute Gasteiger partial charge is 0.0908 e. The number of rotatable bonds is 4. The molecule has 48 valence electrons. The average molecular weight is 166 g/mol. The van der Waals surface area contributed by atoms with Crippen molar-refractivity contribution in [1.82, 2.24) is 0 Å². The summed E-state index contributed by atoms with van der Waals surface area (Å²) in [6.07, 6.45) is 6.33. The van der Waals surface area contributed by atoms with E-state index >= 15 is 0 Å². The molecule has 0 aliphatic carbocycles. The third kappa shape index (κ3) is 6.79. The van der Waals surface area contributed by atoms with Gasteiger partial charge in [-0.15, -0.1) is 0 Å². The maximum absolute atomic E-state index is 2.16. The van der Waals surface area contributed by atoms with Crippen LogP contribution in [0.2, 0.25) is 0 Å². The fourth-order valence-corrected chi connectivity index (χ4v) is 2.69. The van der Waals surface area contributed by atoms with Crippen LogP contribution >= 0.6 is 31.4 Å². The molecule has 0 bridgehead atoms. The Morgan fingerprint density at radius 1 is 1.50 bits per heavy atom. The maximum Gasteiger partial charge on any atom is 0.0225 e. The summed E-state index contributed by atoms with van der Waals surface area (Å²) in [6.45, 7) is 2.05. The molecule has 0 saturated heterocycles. The van der Waals surface area contributed by atoms with E-state index in [9.17, 15) is 0 Å². The predicted molar refractivity (Wildman–Crippen MR) is 48.4 cm³/mol. The topological polar surface area (TPSA) is 0 Å². The van der Waals surface area contributed by atoms with Crippen molar-refractivity contribution >= 4 is 31.4 Å². The van der Waals surface area contributed by atoms with Crippen LogP contribution in [-0.2, 0) is 0 Å². The second-order valence-electron chi connectivity index (χ2n) is 1.09. The Morgan fingerprint density at radius 3 is 2.75 bits per heavy atom. The third-order valence-electron chi connectivity index (χ3n) is 0.516. The molecule has 0 aliphatic rings. The van der Waals surface area contributed by atoms with Crippen LogP contribution in [0.25, 0.3) is 0 Å². The zero-order chi connectivity index (χ0) is 6.24. The van der Waals surface area contributed by atoms with E-state index in [1.807, 2.05) is 27.5 Å². The van der Waals surface area contributed by atoms with Gasteiger partial charge in [-0.05, 0) is 23.0 Å². The van der Waals surface area contributed by atoms with Crippen LogP contribution in [0.4, 0.5) is 0 Å². The molecule has 0 rings (SSSR count). The summed E-state index contributed by atoms with van der Waals surface area (Å²) >= 11 is 0. The van der Waals surface area contributed by atoms with Crippen LogP contribution in [0, 0.1) is 0 Å². The van der Waals surface area contributed by atoms with Gasteiger partial charge in [-0.1, -0.05) is 33.7 Å². The van der Waals surface area contributed by atoms with Crippen LogP contribution in [-0.4, -0.2) is 12.0 Å². The van der Waals surface area contributed by atoms with E-state index in [0.29, 0.717) is 0 Å². The lowest BCUT2D eigenvalue weighted by Crippen LogP contribution is -1.59. The highest BCUT2D eigenvalue weighted by molar-refractivity contribution is 9.09. The number of hydrogen-bond donors (Lipinski definition) is 0. The third-order valence-corrected chi connectivity index (χ3v) is 4.27. The lowest BCUT2D eigenvalue weighted by atomic mass is 10.6. The maximum atomic E-state index is 2.16. The summed E-state index contributed by atoms with van der Waals surface area (Å²) in [7, 11) is 5.50. The van der Waals surface area contributed by atoms with Gasteiger partial charge >= 0.3 is 0 Å². The zero-order valence-corrected chi connectivity index (χ0v) is 7.54. The Balaban J connectivity index is 2.72. The first-order valence-electron chi connectivity index (χ1n) is 2.35. The van der Waals surface area contributed by atoms with Gasteiger partial charge in [0.15, 0.2) is 0 Å². The smallest absolute Gasteiger partial charge is 0.0225 e. The molecule has 0 saturated carbocycles. The molecule has 0 nitrogen and oxygen atoms in total. The van der Waals surface area contributed by atoms with Crippen LogP contribution in [0.5, 0.6) is 0 Å². The Morgan fingerprint density at radius 2 is 2.25 bits per heavy atom. The Bertz CT molecular complexity index is 60.7. The summed E-state index contributed by atoms with van der Waals surface area (Å²) in [5, 5.41) is 0. The number of hydrogen-bond acceptors (Lipinski definition) is 3. The van der Waals surface area contributed by atoms with Gasteiger partial charge in [0.25, 0.3) is 0 Å². The van der Waals surface area contributed by atoms with Crippen LogP contribution < -0.4 is 0 Å². The summed E-state index contributed by atoms with van der Waals surface area (Å²) in [4.78, 5) is 0. The van der Waals surface area contributed by atoms with Crippen LogP contribution in [0.3, 0.4) is 0 Å². The van der Waals surface area contributed by atoms with Gasteiger partial charge in [-0.25, -0.2) is 0 Å². The lowest BCUT2D eigenvalue weighted by Gasteiger charge is -1.87. The molecule has 0 fully saturated rings. The summed E-state index contributed by atoms with van der Waals surface area (Å²) in [5.74, 6) is 1.13. The second-order valence-corrected chi connectivity index (χ2v) is 5.47. The molecule has 0 aromatic carbocycles. The summed E-state index contributed by atoms with van der Waals surface area (Å²) in [5.41, 5.74) is 0. The van der Waals surface area contributed by atoms with Crippen molar-refractivity contribution in [2.45, 2.75) is 6.92 Å². The van der Waals surface area contributed by atoms with Gasteiger partial charge in [-0.3, -0.25) is 0 Å². The van der Waals surface area contributed by atoms with Crippen molar-refractivity contribution in [2.24, 2.45) is 0 Å². The molecule has 0 aromatic rings. The van der Waals surface area contributed by atoms with E-state index < -0.39 is 0 Å². The fraction of sp³-hybridized carbons (Fsp3) is 0.600. The van der Waals surface area contributed by atoms with Crippen LogP contribution in [0.1, 0.15) is 6.92 Å². The molecular formula is C5H10S3. The van der Waals surface area contributed by atoms with Gasteiger partial charge in [0, 0.05) is 5.75 Å². The highest BCUT2D eigenvalue weighted by Crippen LogP contribution is 2.31. The summed E-state index contributed by atoms with van der Waals surface area (Å²) < 4.78 is 0. The molecule has 0 unspecified atom stereocenters. The van der Waals surface area contributed by atoms with Gasteiger partial charge in [0.1, 0.15) is 0 Å². The van der Waals surface area contributed by atoms with Crippen molar-refractivity contribution < 1.29 is 0 Å². The van der Waals surface area contributed by atoms with Gasteiger partial charge in [0.2, 0.25) is 0 Å². The van der Waals surface area contributed by atoms with E-state index in [2.05, 4.69) is 18.4 Å². The molecule has 0 aliphatic heterocycles. The Hall–Kier alpha value is 0.790. The Labute approximate surface area is 62.7 Å². The quantitative estimate of drug-likeness (QED) is 0.357. The van der Waals surface area contributed by atoms with Crippen molar-refractivity contribution in [3.05, 3.63) is 12.2 Å². The highest BCUT2D eigenvalue weighted by Gasteiger charge is 1.79. The molecule has 0 heterocycles. The van der Waals surface area contributed by atoms with E-state index in [-0.39, 0.29) is 0 Å². The van der Waals surface area contributed by atoms with E-state index in [1.165, 1.54) is 0 Å². The molecule has 0 radical (unpaired) electrons. The molecule has 0 N–H and O–H groups in total. The average Bonchev–Trinajstić information content (AvgIpc) is 1.81. The van der Waals surface area contributed by atoms with Gasteiger partial charge in [0.05, 0.1) is 0 Å². The van der Waals surface area contributed by atoms with Crippen molar-refractivity contribution in [2.75, 3.05) is 12.0 Å². The fourth-order valence-electron chi connectivity index (χ4n) is 0.211. The molecule has 0 atom stereocenters. The lowest BCUT2D eigenvalue weighted by molar-refractivity contribution is 1.66. The van der Waals surface area contributed by atoms with Crippen molar-refractivity contribution in [1.29, 1.82) is 0 Å². The SMILES string of the molecule is CC=CCSSSC. The Kier molecular flexibility index (Phi) is 8.56. The first-order chi connectivity index (χ1) is 3.91. The van der Waals surface area contributed by atoms with Gasteiger partial charge < -0.3 is 0 Å². The minimum Gasteiger partial charge on any atom is -0.0908 e. The second kappa shape index (κ2) is 7.79. The normalized spacial score (nSPS) is 10.8. The first kappa shape index (κ1) is 8.79. The van der Waals surface area contributed by atoms with Crippen molar-refractivity contribution in [3.63, 3.8) is 0 Å². The van der Waals surface area contributed by atoms with Gasteiger partial charge in [-0.2, -0.15) is 0 Å². The zero-order valence-electron chi connectivity index (χ0n) is 5.09. The molecule has 0 aromatic heterocycles. The molecule has 3 heteroatoms. The standard InChI is InChI=1S/C5H10S3/c1-3-4-5-7-8-6-2/h3-4H,5H2,1-2H3. The first-order valence-corrected chi connectivity index (χ1v) is 6.41. The van der Waals surface area contributed by atoms with Crippen molar-refractivity contribution in [3.8, 4) is 0 Å². The molecular weight excluding hydrogens is 156 g/mol.